The molecule has 0 radical (unpaired) electrons. The van der Waals surface area contributed by atoms with Crippen molar-refractivity contribution < 1.29 is 0 Å². The van der Waals surface area contributed by atoms with Gasteiger partial charge in [-0.3, -0.25) is 4.90 Å². The molecule has 0 saturated carbocycles. The summed E-state index contributed by atoms with van der Waals surface area (Å²) < 4.78 is 0. The molecule has 0 amide bonds. The highest BCUT2D eigenvalue weighted by Crippen LogP contribution is 2.19. The average Bonchev–Trinajstić information content (AvgIpc) is 2.30. The molecule has 0 atom stereocenters. The summed E-state index contributed by atoms with van der Waals surface area (Å²) in [4.78, 5) is 2.02. The SMILES string of the molecule is CC1=NN(C)C2=CNC=CN21. The number of fused-ring (bicyclic) bond motifs is 1. The summed E-state index contributed by atoms with van der Waals surface area (Å²) in [5.74, 6) is 2.06. The van der Waals surface area contributed by atoms with Gasteiger partial charge in [0.1, 0.15) is 5.84 Å². The molecule has 0 spiro atoms. The molecule has 0 aromatic rings. The van der Waals surface area contributed by atoms with Crippen LogP contribution in [0.15, 0.2) is 29.5 Å². The van der Waals surface area contributed by atoms with Gasteiger partial charge in [-0.05, 0) is 6.92 Å². The molecular formula is C7H10N4. The molecule has 1 N–H and O–H groups in total. The maximum Gasteiger partial charge on any atom is 0.150 e. The predicted octanol–water partition coefficient (Wildman–Crippen LogP) is 0.441. The zero-order valence-corrected chi connectivity index (χ0v) is 6.57. The Morgan fingerprint density at radius 2 is 2.36 bits per heavy atom. The van der Waals surface area contributed by atoms with E-state index in [1.54, 1.807) is 0 Å². The maximum absolute atomic E-state index is 4.25. The van der Waals surface area contributed by atoms with E-state index in [0.29, 0.717) is 0 Å². The third kappa shape index (κ3) is 0.790. The Morgan fingerprint density at radius 3 is 3.09 bits per heavy atom. The first kappa shape index (κ1) is 6.27. The van der Waals surface area contributed by atoms with E-state index in [1.165, 1.54) is 0 Å². The normalized spacial score (nSPS) is 20.9. The fraction of sp³-hybridized carbons (Fsp3) is 0.286. The zero-order valence-electron chi connectivity index (χ0n) is 6.57. The van der Waals surface area contributed by atoms with Crippen molar-refractivity contribution in [3.05, 3.63) is 24.4 Å². The van der Waals surface area contributed by atoms with E-state index in [2.05, 4.69) is 10.4 Å². The molecule has 58 valence electrons. The number of nitrogens with one attached hydrogen (secondary N) is 1. The van der Waals surface area contributed by atoms with Gasteiger partial charge in [-0.1, -0.05) is 0 Å². The molecule has 0 aromatic carbocycles. The molecule has 2 rings (SSSR count). The quantitative estimate of drug-likeness (QED) is 0.543. The van der Waals surface area contributed by atoms with Gasteiger partial charge in [0.05, 0.1) is 0 Å². The second-order valence-electron chi connectivity index (χ2n) is 2.53. The van der Waals surface area contributed by atoms with Crippen LogP contribution in [0.3, 0.4) is 0 Å². The average molecular weight is 150 g/mol. The van der Waals surface area contributed by atoms with Crippen molar-refractivity contribution in [1.29, 1.82) is 0 Å². The van der Waals surface area contributed by atoms with Crippen molar-refractivity contribution in [1.82, 2.24) is 15.2 Å². The van der Waals surface area contributed by atoms with Crippen LogP contribution in [0.5, 0.6) is 0 Å². The summed E-state index contributed by atoms with van der Waals surface area (Å²) in [6.45, 7) is 1.98. The molecule has 2 aliphatic rings. The molecule has 0 aromatic heterocycles. The summed E-state index contributed by atoms with van der Waals surface area (Å²) in [6, 6.07) is 0. The summed E-state index contributed by atoms with van der Waals surface area (Å²) in [5, 5.41) is 9.10. The molecule has 2 heterocycles. The van der Waals surface area contributed by atoms with Gasteiger partial charge in [0.2, 0.25) is 0 Å². The Morgan fingerprint density at radius 1 is 1.55 bits per heavy atom. The van der Waals surface area contributed by atoms with Crippen LogP contribution in [0.4, 0.5) is 0 Å². The Hall–Kier alpha value is -1.45. The number of rotatable bonds is 0. The summed E-state index contributed by atoms with van der Waals surface area (Å²) in [6.07, 6.45) is 5.75. The fourth-order valence-electron chi connectivity index (χ4n) is 1.23. The first-order valence-electron chi connectivity index (χ1n) is 3.50. The monoisotopic (exact) mass is 150 g/mol. The van der Waals surface area contributed by atoms with Gasteiger partial charge in [-0.25, -0.2) is 5.01 Å². The van der Waals surface area contributed by atoms with Gasteiger partial charge in [0.15, 0.2) is 5.82 Å². The number of hydrogen-bond acceptors (Lipinski definition) is 4. The lowest BCUT2D eigenvalue weighted by Gasteiger charge is -2.20. The van der Waals surface area contributed by atoms with E-state index in [9.17, 15) is 0 Å². The van der Waals surface area contributed by atoms with Crippen LogP contribution in [0.1, 0.15) is 6.92 Å². The summed E-state index contributed by atoms with van der Waals surface area (Å²) >= 11 is 0. The highest BCUT2D eigenvalue weighted by Gasteiger charge is 2.22. The zero-order chi connectivity index (χ0) is 7.84. The van der Waals surface area contributed by atoms with Crippen LogP contribution >= 0.6 is 0 Å². The van der Waals surface area contributed by atoms with Gasteiger partial charge in [-0.2, -0.15) is 5.10 Å². The maximum atomic E-state index is 4.25. The van der Waals surface area contributed by atoms with Crippen LogP contribution in [0, 0.1) is 0 Å². The third-order valence-electron chi connectivity index (χ3n) is 1.75. The number of hydrogen-bond donors (Lipinski definition) is 1. The van der Waals surface area contributed by atoms with E-state index in [4.69, 9.17) is 0 Å². The van der Waals surface area contributed by atoms with Crippen LogP contribution in [0.25, 0.3) is 0 Å². The molecule has 0 aliphatic carbocycles. The Kier molecular flexibility index (Phi) is 1.15. The van der Waals surface area contributed by atoms with Crippen LogP contribution < -0.4 is 5.32 Å². The van der Waals surface area contributed by atoms with E-state index in [-0.39, 0.29) is 0 Å². The first-order valence-corrected chi connectivity index (χ1v) is 3.50. The van der Waals surface area contributed by atoms with Crippen molar-refractivity contribution in [2.24, 2.45) is 5.10 Å². The molecule has 4 nitrogen and oxygen atoms in total. The Bertz CT molecular complexity index is 264. The Balaban J connectivity index is 2.36. The largest absolute Gasteiger partial charge is 0.363 e. The molecule has 0 fully saturated rings. The number of nitrogens with zero attached hydrogens (tertiary/aromatic N) is 3. The minimum Gasteiger partial charge on any atom is -0.363 e. The van der Waals surface area contributed by atoms with Crippen molar-refractivity contribution >= 4 is 5.84 Å². The molecule has 0 unspecified atom stereocenters. The van der Waals surface area contributed by atoms with E-state index >= 15 is 0 Å². The van der Waals surface area contributed by atoms with Gasteiger partial charge in [0.25, 0.3) is 0 Å². The van der Waals surface area contributed by atoms with Crippen molar-refractivity contribution in [3.8, 4) is 0 Å². The number of amidine groups is 1. The summed E-state index contributed by atoms with van der Waals surface area (Å²) in [5.41, 5.74) is 0. The lowest BCUT2D eigenvalue weighted by Crippen LogP contribution is -2.25. The minimum atomic E-state index is 0.997. The molecule has 0 bridgehead atoms. The molecule has 2 aliphatic heterocycles. The second-order valence-corrected chi connectivity index (χ2v) is 2.53. The van der Waals surface area contributed by atoms with Crippen molar-refractivity contribution in [2.45, 2.75) is 6.92 Å². The van der Waals surface area contributed by atoms with Gasteiger partial charge < -0.3 is 5.32 Å². The van der Waals surface area contributed by atoms with E-state index < -0.39 is 0 Å². The van der Waals surface area contributed by atoms with Crippen LogP contribution in [0.2, 0.25) is 0 Å². The second kappa shape index (κ2) is 2.02. The Labute approximate surface area is 65.5 Å². The molecule has 11 heavy (non-hydrogen) atoms. The highest BCUT2D eigenvalue weighted by molar-refractivity contribution is 5.84. The highest BCUT2D eigenvalue weighted by atomic mass is 15.6. The van der Waals surface area contributed by atoms with E-state index in [0.717, 1.165) is 11.7 Å². The predicted molar refractivity (Wildman–Crippen MR) is 43.1 cm³/mol. The van der Waals surface area contributed by atoms with Gasteiger partial charge in [0, 0.05) is 25.6 Å². The smallest absolute Gasteiger partial charge is 0.150 e. The molecule has 0 saturated heterocycles. The third-order valence-corrected chi connectivity index (χ3v) is 1.75. The van der Waals surface area contributed by atoms with Crippen LogP contribution in [-0.2, 0) is 0 Å². The summed E-state index contributed by atoms with van der Waals surface area (Å²) in [7, 11) is 1.93. The lowest BCUT2D eigenvalue weighted by molar-refractivity contribution is 0.404. The van der Waals surface area contributed by atoms with Crippen molar-refractivity contribution in [3.63, 3.8) is 0 Å². The van der Waals surface area contributed by atoms with Crippen LogP contribution in [-0.4, -0.2) is 22.8 Å². The van der Waals surface area contributed by atoms with Gasteiger partial charge >= 0.3 is 0 Å². The standard InChI is InChI=1S/C7H10N4/c1-6-9-10(2)7-5-8-3-4-11(6)7/h3-5,8H,1-2H3. The topological polar surface area (TPSA) is 30.9 Å². The van der Waals surface area contributed by atoms with Crippen molar-refractivity contribution in [2.75, 3.05) is 7.05 Å². The molecular weight excluding hydrogens is 140 g/mol. The first-order chi connectivity index (χ1) is 5.29. The fourth-order valence-corrected chi connectivity index (χ4v) is 1.23. The number of hydrazone groups is 1. The minimum absolute atomic E-state index is 0.997. The van der Waals surface area contributed by atoms with Gasteiger partial charge in [-0.15, -0.1) is 0 Å². The lowest BCUT2D eigenvalue weighted by atomic mass is 10.5. The molecule has 4 heteroatoms. The van der Waals surface area contributed by atoms with E-state index in [1.807, 2.05) is 42.5 Å².